The molecule has 0 aromatic carbocycles. The Kier molecular flexibility index (Phi) is 2.52. The standard InChI is InChI=1S/C12H20/c1-11(2,3)9-10-12(4)7-5-6-8-12/h5-8H2,1-4H3. The smallest absolute Gasteiger partial charge is 0.0286 e. The van der Waals surface area contributed by atoms with Gasteiger partial charge in [0.15, 0.2) is 0 Å². The van der Waals surface area contributed by atoms with Crippen molar-refractivity contribution in [1.29, 1.82) is 0 Å². The van der Waals surface area contributed by atoms with E-state index in [1.807, 2.05) is 0 Å². The molecular weight excluding hydrogens is 144 g/mol. The lowest BCUT2D eigenvalue weighted by molar-refractivity contribution is 0.463. The van der Waals surface area contributed by atoms with Crippen molar-refractivity contribution in [3.8, 4) is 11.8 Å². The molecule has 1 aliphatic rings. The number of hydrogen-bond donors (Lipinski definition) is 0. The molecule has 0 aliphatic heterocycles. The van der Waals surface area contributed by atoms with Gasteiger partial charge in [-0.25, -0.2) is 0 Å². The van der Waals surface area contributed by atoms with E-state index in [1.165, 1.54) is 25.7 Å². The molecule has 0 aromatic heterocycles. The van der Waals surface area contributed by atoms with Crippen molar-refractivity contribution in [3.05, 3.63) is 0 Å². The summed E-state index contributed by atoms with van der Waals surface area (Å²) in [5.74, 6) is 6.80. The maximum Gasteiger partial charge on any atom is 0.0286 e. The minimum Gasteiger partial charge on any atom is -0.0968 e. The van der Waals surface area contributed by atoms with Crippen LogP contribution in [0.1, 0.15) is 53.4 Å². The fourth-order valence-electron chi connectivity index (χ4n) is 1.62. The van der Waals surface area contributed by atoms with Crippen LogP contribution in [0.4, 0.5) is 0 Å². The first-order valence-corrected chi connectivity index (χ1v) is 4.96. The summed E-state index contributed by atoms with van der Waals surface area (Å²) in [5.41, 5.74) is 0.513. The van der Waals surface area contributed by atoms with Crippen LogP contribution in [0.15, 0.2) is 0 Å². The maximum absolute atomic E-state index is 3.45. The summed E-state index contributed by atoms with van der Waals surface area (Å²) in [4.78, 5) is 0. The van der Waals surface area contributed by atoms with Crippen molar-refractivity contribution >= 4 is 0 Å². The molecule has 0 unspecified atom stereocenters. The average Bonchev–Trinajstić information content (AvgIpc) is 2.32. The van der Waals surface area contributed by atoms with E-state index in [9.17, 15) is 0 Å². The lowest BCUT2D eigenvalue weighted by Crippen LogP contribution is -2.09. The third kappa shape index (κ3) is 2.89. The summed E-state index contributed by atoms with van der Waals surface area (Å²) < 4.78 is 0. The molecule has 1 aliphatic carbocycles. The fraction of sp³-hybridized carbons (Fsp3) is 0.833. The monoisotopic (exact) mass is 164 g/mol. The molecule has 1 rings (SSSR count). The first kappa shape index (κ1) is 9.65. The van der Waals surface area contributed by atoms with E-state index in [4.69, 9.17) is 0 Å². The van der Waals surface area contributed by atoms with E-state index in [0.29, 0.717) is 5.41 Å². The highest BCUT2D eigenvalue weighted by Gasteiger charge is 2.26. The summed E-state index contributed by atoms with van der Waals surface area (Å²) in [7, 11) is 0. The summed E-state index contributed by atoms with van der Waals surface area (Å²) in [6.07, 6.45) is 5.34. The van der Waals surface area contributed by atoms with Crippen LogP contribution in [-0.4, -0.2) is 0 Å². The molecule has 0 saturated heterocycles. The zero-order valence-electron chi connectivity index (χ0n) is 8.83. The van der Waals surface area contributed by atoms with Gasteiger partial charge < -0.3 is 0 Å². The number of hydrogen-bond acceptors (Lipinski definition) is 0. The van der Waals surface area contributed by atoms with Crippen LogP contribution >= 0.6 is 0 Å². The summed E-state index contributed by atoms with van der Waals surface area (Å²) in [6, 6.07) is 0. The molecule has 1 saturated carbocycles. The van der Waals surface area contributed by atoms with Crippen LogP contribution in [0.3, 0.4) is 0 Å². The molecule has 0 aromatic rings. The second-order valence-electron chi connectivity index (χ2n) is 5.27. The molecule has 0 heteroatoms. The van der Waals surface area contributed by atoms with Crippen molar-refractivity contribution in [1.82, 2.24) is 0 Å². The Morgan fingerprint density at radius 3 is 2.00 bits per heavy atom. The molecule has 68 valence electrons. The topological polar surface area (TPSA) is 0 Å². The van der Waals surface area contributed by atoms with Crippen LogP contribution in [-0.2, 0) is 0 Å². The average molecular weight is 164 g/mol. The quantitative estimate of drug-likeness (QED) is 0.480. The SMILES string of the molecule is CC(C)(C)C#CC1(C)CCCC1. The van der Waals surface area contributed by atoms with E-state index in [1.54, 1.807) is 0 Å². The van der Waals surface area contributed by atoms with Crippen LogP contribution in [0, 0.1) is 22.7 Å². The van der Waals surface area contributed by atoms with Gasteiger partial charge in [0.1, 0.15) is 0 Å². The van der Waals surface area contributed by atoms with Crippen molar-refractivity contribution in [2.45, 2.75) is 53.4 Å². The lowest BCUT2D eigenvalue weighted by Gasteiger charge is -2.16. The van der Waals surface area contributed by atoms with Gasteiger partial charge >= 0.3 is 0 Å². The molecule has 0 radical (unpaired) electrons. The summed E-state index contributed by atoms with van der Waals surface area (Å²) in [5, 5.41) is 0. The van der Waals surface area contributed by atoms with Crippen molar-refractivity contribution in [2.75, 3.05) is 0 Å². The zero-order chi connectivity index (χ0) is 9.24. The highest BCUT2D eigenvalue weighted by molar-refractivity contribution is 5.16. The van der Waals surface area contributed by atoms with Gasteiger partial charge in [-0.05, 0) is 40.5 Å². The Balaban J connectivity index is 2.63. The van der Waals surface area contributed by atoms with E-state index < -0.39 is 0 Å². The van der Waals surface area contributed by atoms with Crippen LogP contribution < -0.4 is 0 Å². The maximum atomic E-state index is 3.45. The first-order valence-electron chi connectivity index (χ1n) is 4.96. The molecule has 0 heterocycles. The summed E-state index contributed by atoms with van der Waals surface area (Å²) >= 11 is 0. The van der Waals surface area contributed by atoms with Crippen molar-refractivity contribution in [2.24, 2.45) is 10.8 Å². The molecule has 12 heavy (non-hydrogen) atoms. The third-order valence-corrected chi connectivity index (χ3v) is 2.45. The predicted octanol–water partition coefficient (Wildman–Crippen LogP) is 3.62. The molecule has 1 fully saturated rings. The van der Waals surface area contributed by atoms with Gasteiger partial charge in [0.05, 0.1) is 0 Å². The number of rotatable bonds is 0. The van der Waals surface area contributed by atoms with Gasteiger partial charge in [0.25, 0.3) is 0 Å². The third-order valence-electron chi connectivity index (χ3n) is 2.45. The minimum absolute atomic E-state index is 0.172. The highest BCUT2D eigenvalue weighted by Crippen LogP contribution is 2.36. The molecule has 0 amide bonds. The zero-order valence-corrected chi connectivity index (χ0v) is 8.83. The van der Waals surface area contributed by atoms with E-state index >= 15 is 0 Å². The molecule has 0 atom stereocenters. The first-order chi connectivity index (χ1) is 5.41. The highest BCUT2D eigenvalue weighted by atomic mass is 14.3. The van der Waals surface area contributed by atoms with Crippen LogP contribution in [0.25, 0.3) is 0 Å². The molecule has 0 bridgehead atoms. The molecule has 0 nitrogen and oxygen atoms in total. The molecule has 0 spiro atoms. The van der Waals surface area contributed by atoms with Gasteiger partial charge in [-0.1, -0.05) is 24.7 Å². The Hall–Kier alpha value is -0.440. The fourth-order valence-corrected chi connectivity index (χ4v) is 1.62. The minimum atomic E-state index is 0.172. The predicted molar refractivity (Wildman–Crippen MR) is 53.8 cm³/mol. The van der Waals surface area contributed by atoms with Crippen molar-refractivity contribution in [3.63, 3.8) is 0 Å². The normalized spacial score (nSPS) is 21.7. The second-order valence-corrected chi connectivity index (χ2v) is 5.27. The van der Waals surface area contributed by atoms with Crippen LogP contribution in [0.2, 0.25) is 0 Å². The van der Waals surface area contributed by atoms with Gasteiger partial charge in [-0.15, -0.1) is 0 Å². The molecule has 0 N–H and O–H groups in total. The van der Waals surface area contributed by atoms with Crippen LogP contribution in [0.5, 0.6) is 0 Å². The van der Waals surface area contributed by atoms with Gasteiger partial charge in [0, 0.05) is 10.8 Å². The van der Waals surface area contributed by atoms with E-state index in [0.717, 1.165) is 0 Å². The van der Waals surface area contributed by atoms with Gasteiger partial charge in [-0.2, -0.15) is 0 Å². The Labute approximate surface area is 76.7 Å². The molecular formula is C12H20. The second kappa shape index (κ2) is 3.13. The van der Waals surface area contributed by atoms with E-state index in [2.05, 4.69) is 39.5 Å². The van der Waals surface area contributed by atoms with Gasteiger partial charge in [-0.3, -0.25) is 0 Å². The van der Waals surface area contributed by atoms with E-state index in [-0.39, 0.29) is 5.41 Å². The largest absolute Gasteiger partial charge is 0.0968 e. The summed E-state index contributed by atoms with van der Waals surface area (Å²) in [6.45, 7) is 8.84. The van der Waals surface area contributed by atoms with Crippen molar-refractivity contribution < 1.29 is 0 Å². The Morgan fingerprint density at radius 2 is 1.58 bits per heavy atom. The lowest BCUT2D eigenvalue weighted by atomic mass is 9.87. The van der Waals surface area contributed by atoms with Gasteiger partial charge in [0.2, 0.25) is 0 Å². The Morgan fingerprint density at radius 1 is 1.08 bits per heavy atom. The Bertz CT molecular complexity index is 200.